The van der Waals surface area contributed by atoms with Crippen LogP contribution in [0.3, 0.4) is 0 Å². The molecule has 1 aromatic heterocycles. The first-order valence-corrected chi connectivity index (χ1v) is 7.38. The maximum Gasteiger partial charge on any atom is 0.118 e. The summed E-state index contributed by atoms with van der Waals surface area (Å²) in [4.78, 5) is 2.41. The highest BCUT2D eigenvalue weighted by molar-refractivity contribution is 5.07. The van der Waals surface area contributed by atoms with E-state index in [0.29, 0.717) is 6.10 Å². The number of hydrogen-bond acceptors (Lipinski definition) is 4. The van der Waals surface area contributed by atoms with Gasteiger partial charge in [-0.1, -0.05) is 6.92 Å². The van der Waals surface area contributed by atoms with Crippen LogP contribution in [0.25, 0.3) is 0 Å². The van der Waals surface area contributed by atoms with Gasteiger partial charge in [0.25, 0.3) is 0 Å². The van der Waals surface area contributed by atoms with Gasteiger partial charge in [0.2, 0.25) is 0 Å². The second-order valence-corrected chi connectivity index (χ2v) is 5.42. The van der Waals surface area contributed by atoms with Gasteiger partial charge in [-0.15, -0.1) is 0 Å². The largest absolute Gasteiger partial charge is 0.465 e. The molecule has 0 aliphatic carbocycles. The molecule has 0 spiro atoms. The van der Waals surface area contributed by atoms with Crippen LogP contribution in [0, 0.1) is 0 Å². The fourth-order valence-electron chi connectivity index (χ4n) is 2.91. The summed E-state index contributed by atoms with van der Waals surface area (Å²) in [6, 6.07) is 4.17. The molecule has 0 aromatic carbocycles. The molecule has 4 heteroatoms. The summed E-state index contributed by atoms with van der Waals surface area (Å²) in [6.45, 7) is 6.62. The number of morpholine rings is 1. The standard InChI is InChI=1S/C15H23NO3/c1-2-12-5-6-13(19-12)10-16-7-9-18-15(11-16)14-4-3-8-17-14/h5-6,14-15H,2-4,7-11H2,1H3/t14-,15+/m0/s1. The molecule has 0 bridgehead atoms. The van der Waals surface area contributed by atoms with Crippen molar-refractivity contribution in [3.05, 3.63) is 23.7 Å². The van der Waals surface area contributed by atoms with E-state index in [1.54, 1.807) is 0 Å². The quantitative estimate of drug-likeness (QED) is 0.836. The van der Waals surface area contributed by atoms with E-state index in [1.165, 1.54) is 6.42 Å². The maximum absolute atomic E-state index is 5.86. The molecule has 0 radical (unpaired) electrons. The van der Waals surface area contributed by atoms with Gasteiger partial charge in [-0.25, -0.2) is 0 Å². The van der Waals surface area contributed by atoms with E-state index in [9.17, 15) is 0 Å². The third-order valence-electron chi connectivity index (χ3n) is 4.00. The molecule has 0 saturated carbocycles. The minimum atomic E-state index is 0.233. The van der Waals surface area contributed by atoms with E-state index >= 15 is 0 Å². The number of aryl methyl sites for hydroxylation is 1. The molecule has 2 fully saturated rings. The number of nitrogens with zero attached hydrogens (tertiary/aromatic N) is 1. The summed E-state index contributed by atoms with van der Waals surface area (Å²) in [5, 5.41) is 0. The summed E-state index contributed by atoms with van der Waals surface area (Å²) in [6.07, 6.45) is 3.80. The van der Waals surface area contributed by atoms with Crippen molar-refractivity contribution in [1.82, 2.24) is 4.90 Å². The molecule has 0 amide bonds. The van der Waals surface area contributed by atoms with Gasteiger partial charge in [-0.05, 0) is 25.0 Å². The second kappa shape index (κ2) is 6.07. The van der Waals surface area contributed by atoms with Gasteiger partial charge in [-0.3, -0.25) is 4.90 Å². The van der Waals surface area contributed by atoms with Gasteiger partial charge < -0.3 is 13.9 Å². The predicted molar refractivity (Wildman–Crippen MR) is 72.1 cm³/mol. The van der Waals surface area contributed by atoms with Crippen LogP contribution in [-0.4, -0.2) is 43.4 Å². The van der Waals surface area contributed by atoms with Crippen molar-refractivity contribution in [2.75, 3.05) is 26.3 Å². The third kappa shape index (κ3) is 3.19. The van der Waals surface area contributed by atoms with Gasteiger partial charge in [-0.2, -0.15) is 0 Å². The maximum atomic E-state index is 5.86. The Kier molecular flexibility index (Phi) is 4.21. The highest BCUT2D eigenvalue weighted by atomic mass is 16.5. The zero-order valence-electron chi connectivity index (χ0n) is 11.6. The minimum Gasteiger partial charge on any atom is -0.465 e. The average Bonchev–Trinajstić information content (AvgIpc) is 3.10. The number of furan rings is 1. The lowest BCUT2D eigenvalue weighted by Crippen LogP contribution is -2.47. The van der Waals surface area contributed by atoms with E-state index in [1.807, 2.05) is 0 Å². The molecule has 3 rings (SSSR count). The summed E-state index contributed by atoms with van der Waals surface area (Å²) in [7, 11) is 0. The average molecular weight is 265 g/mol. The zero-order chi connectivity index (χ0) is 13.1. The summed E-state index contributed by atoms with van der Waals surface area (Å²) in [5.74, 6) is 2.13. The summed E-state index contributed by atoms with van der Waals surface area (Å²) < 4.78 is 17.4. The Balaban J connectivity index is 1.55. The Labute approximate surface area is 114 Å². The molecule has 3 heterocycles. The van der Waals surface area contributed by atoms with Crippen molar-refractivity contribution >= 4 is 0 Å². The molecule has 2 saturated heterocycles. The molecule has 106 valence electrons. The van der Waals surface area contributed by atoms with Gasteiger partial charge in [0.1, 0.15) is 11.5 Å². The van der Waals surface area contributed by atoms with Gasteiger partial charge in [0.15, 0.2) is 0 Å². The number of hydrogen-bond donors (Lipinski definition) is 0. The van der Waals surface area contributed by atoms with Gasteiger partial charge >= 0.3 is 0 Å². The molecule has 1 aromatic rings. The molecule has 0 N–H and O–H groups in total. The van der Waals surface area contributed by atoms with Crippen molar-refractivity contribution in [3.8, 4) is 0 Å². The molecular formula is C15H23NO3. The Morgan fingerprint density at radius 3 is 2.74 bits per heavy atom. The van der Waals surface area contributed by atoms with Crippen molar-refractivity contribution in [3.63, 3.8) is 0 Å². The lowest BCUT2D eigenvalue weighted by molar-refractivity contribution is -0.0968. The van der Waals surface area contributed by atoms with Crippen LogP contribution in [0.15, 0.2) is 16.5 Å². The second-order valence-electron chi connectivity index (χ2n) is 5.42. The highest BCUT2D eigenvalue weighted by Crippen LogP contribution is 2.22. The first-order valence-electron chi connectivity index (χ1n) is 7.38. The van der Waals surface area contributed by atoms with E-state index in [4.69, 9.17) is 13.9 Å². The fraction of sp³-hybridized carbons (Fsp3) is 0.733. The normalized spacial score (nSPS) is 28.9. The van der Waals surface area contributed by atoms with E-state index in [-0.39, 0.29) is 6.10 Å². The molecule has 0 unspecified atom stereocenters. The minimum absolute atomic E-state index is 0.233. The van der Waals surface area contributed by atoms with Crippen LogP contribution in [0.2, 0.25) is 0 Å². The van der Waals surface area contributed by atoms with Crippen LogP contribution < -0.4 is 0 Å². The molecule has 2 aliphatic heterocycles. The highest BCUT2D eigenvalue weighted by Gasteiger charge is 2.31. The predicted octanol–water partition coefficient (Wildman–Crippen LogP) is 2.22. The first-order chi connectivity index (χ1) is 9.35. The Hall–Kier alpha value is -0.840. The van der Waals surface area contributed by atoms with Crippen molar-refractivity contribution in [1.29, 1.82) is 0 Å². The molecule has 4 nitrogen and oxygen atoms in total. The van der Waals surface area contributed by atoms with Crippen molar-refractivity contribution in [2.24, 2.45) is 0 Å². The van der Waals surface area contributed by atoms with E-state index < -0.39 is 0 Å². The SMILES string of the molecule is CCc1ccc(CN2CCO[C@@H]([C@@H]3CCCO3)C2)o1. The van der Waals surface area contributed by atoms with Crippen LogP contribution >= 0.6 is 0 Å². The van der Waals surface area contributed by atoms with Crippen LogP contribution in [0.1, 0.15) is 31.3 Å². The van der Waals surface area contributed by atoms with Gasteiger partial charge in [0.05, 0.1) is 25.4 Å². The fourth-order valence-corrected chi connectivity index (χ4v) is 2.91. The monoisotopic (exact) mass is 265 g/mol. The Morgan fingerprint density at radius 1 is 1.16 bits per heavy atom. The van der Waals surface area contributed by atoms with Gasteiger partial charge in [0, 0.05) is 26.1 Å². The lowest BCUT2D eigenvalue weighted by atomic mass is 10.1. The third-order valence-corrected chi connectivity index (χ3v) is 4.00. The number of rotatable bonds is 4. The topological polar surface area (TPSA) is 34.8 Å². The van der Waals surface area contributed by atoms with Crippen LogP contribution in [-0.2, 0) is 22.4 Å². The smallest absolute Gasteiger partial charge is 0.118 e. The van der Waals surface area contributed by atoms with Crippen LogP contribution in [0.4, 0.5) is 0 Å². The summed E-state index contributed by atoms with van der Waals surface area (Å²) in [5.41, 5.74) is 0. The molecule has 2 aliphatic rings. The van der Waals surface area contributed by atoms with Crippen molar-refractivity contribution in [2.45, 2.75) is 44.9 Å². The molecule has 2 atom stereocenters. The Bertz CT molecular complexity index is 398. The summed E-state index contributed by atoms with van der Waals surface area (Å²) >= 11 is 0. The van der Waals surface area contributed by atoms with E-state index in [0.717, 1.165) is 57.2 Å². The molecule has 19 heavy (non-hydrogen) atoms. The Morgan fingerprint density at radius 2 is 2.00 bits per heavy atom. The number of ether oxygens (including phenoxy) is 2. The molecular weight excluding hydrogens is 242 g/mol. The zero-order valence-corrected chi connectivity index (χ0v) is 11.6. The lowest BCUT2D eigenvalue weighted by Gasteiger charge is -2.34. The first kappa shape index (κ1) is 13.2. The van der Waals surface area contributed by atoms with E-state index in [2.05, 4.69) is 24.0 Å². The van der Waals surface area contributed by atoms with Crippen molar-refractivity contribution < 1.29 is 13.9 Å². The van der Waals surface area contributed by atoms with Crippen LogP contribution in [0.5, 0.6) is 0 Å².